The fourth-order valence-electron chi connectivity index (χ4n) is 8.76. The van der Waals surface area contributed by atoms with Crippen molar-refractivity contribution >= 4 is 18.0 Å². The first kappa shape index (κ1) is 32.2. The fraction of sp³-hybridized carbons (Fsp3) is 0.500. The first-order valence-corrected chi connectivity index (χ1v) is 15.9. The largest absolute Gasteiger partial charge is 0.493 e. The number of alkyl halides is 3. The molecule has 0 unspecified atom stereocenters. The van der Waals surface area contributed by atoms with Crippen molar-refractivity contribution in [2.45, 2.75) is 81.8 Å². The van der Waals surface area contributed by atoms with Gasteiger partial charge in [-0.25, -0.2) is 0 Å². The first-order valence-electron chi connectivity index (χ1n) is 15.9. The Morgan fingerprint density at radius 1 is 1.22 bits per heavy atom. The van der Waals surface area contributed by atoms with E-state index in [-0.39, 0.29) is 35.4 Å². The maximum atomic E-state index is 14.1. The zero-order chi connectivity index (χ0) is 33.0. The number of carbonyl (C=O) groups excluding carboxylic acids is 2. The Bertz CT molecular complexity index is 1570. The molecular weight excluding hydrogens is 597 g/mol. The summed E-state index contributed by atoms with van der Waals surface area (Å²) in [6, 6.07) is 8.41. The van der Waals surface area contributed by atoms with Crippen LogP contribution in [-0.4, -0.2) is 72.2 Å². The third-order valence-corrected chi connectivity index (χ3v) is 10.3. The Labute approximate surface area is 268 Å². The molecule has 7 nitrogen and oxygen atoms in total. The summed E-state index contributed by atoms with van der Waals surface area (Å²) in [4.78, 5) is 31.2. The average molecular weight is 639 g/mol. The number of rotatable bonds is 9. The molecule has 2 aliphatic heterocycles. The molecule has 2 fully saturated rings. The molecule has 4 aliphatic rings. The molecule has 2 aromatic carbocycles. The zero-order valence-electron chi connectivity index (χ0n) is 26.7. The number of hydrogen-bond donors (Lipinski definition) is 0. The summed E-state index contributed by atoms with van der Waals surface area (Å²) in [5, 5.41) is 0. The smallest absolute Gasteiger partial charge is 0.416 e. The van der Waals surface area contributed by atoms with Gasteiger partial charge in [0, 0.05) is 38.2 Å². The SMILES string of the molecule is C=CCN1CC[C@]23c4c5ccc(OC)c4O[C@H]2[C@@H](N(CC(C)C)C(=O)C=Cc2cccc(C(F)(F)F)c2)CC[C@@]3(OC(C)=O)[C@H]1C5. The lowest BCUT2D eigenvalue weighted by molar-refractivity contribution is -0.223. The van der Waals surface area contributed by atoms with E-state index in [0.29, 0.717) is 50.3 Å². The number of ether oxygens (including phenoxy) is 3. The Morgan fingerprint density at radius 2 is 2.00 bits per heavy atom. The monoisotopic (exact) mass is 638 g/mol. The minimum Gasteiger partial charge on any atom is -0.493 e. The van der Waals surface area contributed by atoms with Crippen LogP contribution < -0.4 is 9.47 Å². The van der Waals surface area contributed by atoms with Crippen LogP contribution in [0, 0.1) is 5.92 Å². The summed E-state index contributed by atoms with van der Waals surface area (Å²) in [5.41, 5.74) is 0.00665. The van der Waals surface area contributed by atoms with Crippen molar-refractivity contribution in [3.8, 4) is 11.5 Å². The van der Waals surface area contributed by atoms with Crippen LogP contribution in [0.5, 0.6) is 11.5 Å². The minimum atomic E-state index is -4.48. The first-order chi connectivity index (χ1) is 21.9. The standard InChI is InChI=1S/C36H41F3N2O5/c1-6-17-40-18-16-34-31-25-11-12-28(44-5)32(31)45-33(34)27(14-15-35(34,29(40)20-25)46-23(4)42)41(21-22(2)3)30(43)13-10-24-8-7-9-26(19-24)36(37,38)39/h6-13,19,22,27,29,33H,1,14-18,20-21H2,2-5H3/t27-,29+,33-,34-,35+/m0/s1. The maximum absolute atomic E-state index is 14.1. The fourth-order valence-corrected chi connectivity index (χ4v) is 8.76. The van der Waals surface area contributed by atoms with Gasteiger partial charge in [-0.15, -0.1) is 6.58 Å². The molecule has 1 spiro atoms. The molecule has 46 heavy (non-hydrogen) atoms. The molecule has 1 saturated carbocycles. The number of piperidine rings is 1. The highest BCUT2D eigenvalue weighted by atomic mass is 19.4. The van der Waals surface area contributed by atoms with Crippen LogP contribution in [0.3, 0.4) is 0 Å². The number of carbonyl (C=O) groups is 2. The van der Waals surface area contributed by atoms with Gasteiger partial charge in [-0.2, -0.15) is 13.2 Å². The van der Waals surface area contributed by atoms with E-state index >= 15 is 0 Å². The van der Waals surface area contributed by atoms with Crippen molar-refractivity contribution in [2.75, 3.05) is 26.7 Å². The summed E-state index contributed by atoms with van der Waals surface area (Å²) in [7, 11) is 1.60. The second kappa shape index (κ2) is 11.8. The number of nitrogens with zero attached hydrogens (tertiary/aromatic N) is 2. The summed E-state index contributed by atoms with van der Waals surface area (Å²) >= 11 is 0. The van der Waals surface area contributed by atoms with E-state index in [4.69, 9.17) is 14.2 Å². The molecule has 0 radical (unpaired) electrons. The van der Waals surface area contributed by atoms with Gasteiger partial charge in [0.25, 0.3) is 0 Å². The topological polar surface area (TPSA) is 68.3 Å². The molecule has 10 heteroatoms. The number of esters is 1. The third-order valence-electron chi connectivity index (χ3n) is 10.3. The van der Waals surface area contributed by atoms with Gasteiger partial charge in [0.05, 0.1) is 30.2 Å². The number of amides is 1. The number of likely N-dealkylation sites (tertiary alicyclic amines) is 1. The predicted octanol–water partition coefficient (Wildman–Crippen LogP) is 6.19. The van der Waals surface area contributed by atoms with Crippen LogP contribution in [0.25, 0.3) is 6.08 Å². The number of benzene rings is 2. The zero-order valence-corrected chi connectivity index (χ0v) is 26.7. The van der Waals surface area contributed by atoms with Crippen molar-refractivity contribution in [3.05, 3.63) is 77.4 Å². The van der Waals surface area contributed by atoms with Gasteiger partial charge in [-0.1, -0.05) is 38.1 Å². The summed E-state index contributed by atoms with van der Waals surface area (Å²) in [6.45, 7) is 11.3. The van der Waals surface area contributed by atoms with E-state index in [2.05, 4.69) is 17.5 Å². The van der Waals surface area contributed by atoms with Crippen LogP contribution >= 0.6 is 0 Å². The lowest BCUT2D eigenvalue weighted by Gasteiger charge is -2.65. The molecule has 6 rings (SSSR count). The predicted molar refractivity (Wildman–Crippen MR) is 168 cm³/mol. The summed E-state index contributed by atoms with van der Waals surface area (Å²) < 4.78 is 59.3. The molecule has 0 N–H and O–H groups in total. The Morgan fingerprint density at radius 3 is 2.67 bits per heavy atom. The summed E-state index contributed by atoms with van der Waals surface area (Å²) in [5.74, 6) is 0.666. The van der Waals surface area contributed by atoms with Gasteiger partial charge in [0.1, 0.15) is 11.7 Å². The van der Waals surface area contributed by atoms with Crippen molar-refractivity contribution in [3.63, 3.8) is 0 Å². The van der Waals surface area contributed by atoms with Crippen LogP contribution in [0.1, 0.15) is 62.3 Å². The van der Waals surface area contributed by atoms with Crippen molar-refractivity contribution in [1.29, 1.82) is 0 Å². The molecule has 5 atom stereocenters. The van der Waals surface area contributed by atoms with Crippen LogP contribution in [0.2, 0.25) is 0 Å². The van der Waals surface area contributed by atoms with Gasteiger partial charge in [0.15, 0.2) is 11.5 Å². The van der Waals surface area contributed by atoms with Gasteiger partial charge in [-0.3, -0.25) is 14.5 Å². The van der Waals surface area contributed by atoms with E-state index in [1.54, 1.807) is 13.2 Å². The van der Waals surface area contributed by atoms with Crippen LogP contribution in [0.15, 0.2) is 55.1 Å². The number of halogens is 3. The van der Waals surface area contributed by atoms with Crippen molar-refractivity contribution < 1.29 is 37.0 Å². The third kappa shape index (κ3) is 5.00. The van der Waals surface area contributed by atoms with Crippen LogP contribution in [-0.2, 0) is 32.3 Å². The summed E-state index contributed by atoms with van der Waals surface area (Å²) in [6.07, 6.45) is 1.99. The molecule has 2 aromatic rings. The van der Waals surface area contributed by atoms with Gasteiger partial charge >= 0.3 is 12.1 Å². The lowest BCUT2D eigenvalue weighted by atomic mass is 9.48. The highest BCUT2D eigenvalue weighted by molar-refractivity contribution is 5.92. The van der Waals surface area contributed by atoms with Crippen molar-refractivity contribution in [2.24, 2.45) is 5.92 Å². The highest BCUT2D eigenvalue weighted by Crippen LogP contribution is 2.67. The van der Waals surface area contributed by atoms with Gasteiger partial charge in [0.2, 0.25) is 5.91 Å². The van der Waals surface area contributed by atoms with E-state index < -0.39 is 28.9 Å². The maximum Gasteiger partial charge on any atom is 0.416 e. The molecule has 2 bridgehead atoms. The number of methoxy groups -OCH3 is 1. The Kier molecular flexibility index (Phi) is 8.24. The molecule has 2 aliphatic carbocycles. The van der Waals surface area contributed by atoms with E-state index in [1.165, 1.54) is 25.1 Å². The van der Waals surface area contributed by atoms with E-state index in [1.807, 2.05) is 30.9 Å². The number of hydrogen-bond acceptors (Lipinski definition) is 6. The second-order valence-corrected chi connectivity index (χ2v) is 13.3. The normalized spacial score (nSPS) is 28.0. The average Bonchev–Trinajstić information content (AvgIpc) is 3.35. The minimum absolute atomic E-state index is 0.103. The molecule has 246 valence electrons. The van der Waals surface area contributed by atoms with Crippen LogP contribution in [0.4, 0.5) is 13.2 Å². The molecule has 0 aromatic heterocycles. The molecule has 2 heterocycles. The Balaban J connectivity index is 1.45. The Hall–Kier alpha value is -3.79. The van der Waals surface area contributed by atoms with Gasteiger partial charge < -0.3 is 19.1 Å². The molecular formula is C36H41F3N2O5. The van der Waals surface area contributed by atoms with Crippen molar-refractivity contribution in [1.82, 2.24) is 9.80 Å². The highest BCUT2D eigenvalue weighted by Gasteiger charge is 2.75. The second-order valence-electron chi connectivity index (χ2n) is 13.3. The molecule has 1 amide bonds. The quantitative estimate of drug-likeness (QED) is 0.185. The lowest BCUT2D eigenvalue weighted by Crippen LogP contribution is -2.79. The van der Waals surface area contributed by atoms with Gasteiger partial charge in [-0.05, 0) is 67.0 Å². The van der Waals surface area contributed by atoms with E-state index in [0.717, 1.165) is 29.8 Å². The van der Waals surface area contributed by atoms with E-state index in [9.17, 15) is 22.8 Å². The molecule has 1 saturated heterocycles.